The summed E-state index contributed by atoms with van der Waals surface area (Å²) in [5.74, 6) is -0.277. The lowest BCUT2D eigenvalue weighted by atomic mass is 10.2. The number of sulfonamides is 1. The molecule has 1 unspecified atom stereocenters. The van der Waals surface area contributed by atoms with Crippen LogP contribution in [0.1, 0.15) is 24.2 Å². The van der Waals surface area contributed by atoms with Crippen molar-refractivity contribution in [1.82, 2.24) is 14.2 Å². The van der Waals surface area contributed by atoms with E-state index in [2.05, 4.69) is 10.3 Å². The van der Waals surface area contributed by atoms with Crippen LogP contribution in [0, 0.1) is 0 Å². The Hall–Kier alpha value is -2.66. The molecule has 0 saturated carbocycles. The monoisotopic (exact) mass is 472 g/mol. The molecule has 0 bridgehead atoms. The molecule has 3 aromatic rings. The molecule has 32 heavy (non-hydrogen) atoms. The summed E-state index contributed by atoms with van der Waals surface area (Å²) in [6.45, 7) is 4.72. The number of hydrogen-bond donors (Lipinski definition) is 1. The maximum Gasteiger partial charge on any atom is 0.243 e. The first-order chi connectivity index (χ1) is 15.3. The molecular weight excluding hydrogens is 448 g/mol. The number of carbonyl (C=O) groups excluding carboxylic acids is 2. The Kier molecular flexibility index (Phi) is 6.38. The molecule has 0 spiro atoms. The first kappa shape index (κ1) is 22.5. The maximum absolute atomic E-state index is 12.9. The third-order valence-electron chi connectivity index (χ3n) is 5.62. The average Bonchev–Trinajstić information content (AvgIpc) is 3.21. The molecule has 8 nitrogen and oxygen atoms in total. The van der Waals surface area contributed by atoms with Crippen molar-refractivity contribution in [2.45, 2.75) is 24.8 Å². The number of fused-ring (bicyclic) bond motifs is 1. The fraction of sp³-hybridized carbons (Fsp3) is 0.318. The zero-order valence-electron chi connectivity index (χ0n) is 17.8. The topological polar surface area (TPSA) is 99.7 Å². The molecule has 1 N–H and O–H groups in total. The number of carbonyl (C=O) groups is 2. The van der Waals surface area contributed by atoms with Gasteiger partial charge in [-0.3, -0.25) is 14.5 Å². The van der Waals surface area contributed by atoms with Crippen LogP contribution in [0.15, 0.2) is 53.4 Å². The van der Waals surface area contributed by atoms with Crippen LogP contribution in [0.4, 0.5) is 5.13 Å². The molecule has 1 aliphatic heterocycles. The van der Waals surface area contributed by atoms with Crippen molar-refractivity contribution in [3.05, 3.63) is 54.1 Å². The second-order valence-electron chi connectivity index (χ2n) is 7.67. The largest absolute Gasteiger partial charge is 0.301 e. The van der Waals surface area contributed by atoms with Crippen LogP contribution < -0.4 is 5.32 Å². The SMILES string of the molecule is CC(=O)c1ccc(S(=O)(=O)N2CCN(C(C)C(=O)Nc3nc4ccccc4s3)CC2)cc1. The van der Waals surface area contributed by atoms with Crippen molar-refractivity contribution in [1.29, 1.82) is 0 Å². The van der Waals surface area contributed by atoms with Crippen molar-refractivity contribution < 1.29 is 18.0 Å². The van der Waals surface area contributed by atoms with Crippen molar-refractivity contribution in [3.8, 4) is 0 Å². The zero-order valence-corrected chi connectivity index (χ0v) is 19.4. The summed E-state index contributed by atoms with van der Waals surface area (Å²) >= 11 is 1.42. The number of ketones is 1. The van der Waals surface area contributed by atoms with Crippen LogP contribution in [0.3, 0.4) is 0 Å². The number of nitrogens with zero attached hydrogens (tertiary/aromatic N) is 3. The van der Waals surface area contributed by atoms with Crippen molar-refractivity contribution in [2.24, 2.45) is 0 Å². The highest BCUT2D eigenvalue weighted by atomic mass is 32.2. The molecule has 10 heteroatoms. The molecule has 1 saturated heterocycles. The van der Waals surface area contributed by atoms with E-state index >= 15 is 0 Å². The van der Waals surface area contributed by atoms with E-state index in [-0.39, 0.29) is 29.7 Å². The van der Waals surface area contributed by atoms with Crippen LogP contribution in [0.25, 0.3) is 10.2 Å². The highest BCUT2D eigenvalue weighted by Crippen LogP contribution is 2.26. The maximum atomic E-state index is 12.9. The first-order valence-electron chi connectivity index (χ1n) is 10.3. The standard InChI is InChI=1S/C22H24N4O4S2/c1-15(21(28)24-22-23-19-5-3-4-6-20(19)31-22)25-11-13-26(14-12-25)32(29,30)18-9-7-17(8-10-18)16(2)27/h3-10,15H,11-14H2,1-2H3,(H,23,24,28). The van der Waals surface area contributed by atoms with E-state index in [9.17, 15) is 18.0 Å². The van der Waals surface area contributed by atoms with Gasteiger partial charge in [0.2, 0.25) is 15.9 Å². The fourth-order valence-corrected chi connectivity index (χ4v) is 5.93. The summed E-state index contributed by atoms with van der Waals surface area (Å²) in [6, 6.07) is 13.3. The summed E-state index contributed by atoms with van der Waals surface area (Å²) in [7, 11) is -3.65. The lowest BCUT2D eigenvalue weighted by Crippen LogP contribution is -2.53. The van der Waals surface area contributed by atoms with Gasteiger partial charge in [-0.15, -0.1) is 0 Å². The van der Waals surface area contributed by atoms with E-state index in [1.54, 1.807) is 0 Å². The molecule has 1 aromatic heterocycles. The summed E-state index contributed by atoms with van der Waals surface area (Å²) in [5.41, 5.74) is 1.32. The summed E-state index contributed by atoms with van der Waals surface area (Å²) < 4.78 is 28.3. The molecular formula is C22H24N4O4S2. The average molecular weight is 473 g/mol. The Labute approximate surface area is 190 Å². The van der Waals surface area contributed by atoms with Gasteiger partial charge in [0.1, 0.15) is 0 Å². The smallest absolute Gasteiger partial charge is 0.243 e. The number of benzene rings is 2. The van der Waals surface area contributed by atoms with Gasteiger partial charge in [-0.05, 0) is 38.1 Å². The predicted molar refractivity (Wildman–Crippen MR) is 124 cm³/mol. The van der Waals surface area contributed by atoms with Gasteiger partial charge in [0, 0.05) is 31.7 Å². The quantitative estimate of drug-likeness (QED) is 0.554. The Balaban J connectivity index is 1.36. The number of para-hydroxylation sites is 1. The van der Waals surface area contributed by atoms with Crippen molar-refractivity contribution >= 4 is 48.4 Å². The molecule has 1 atom stereocenters. The predicted octanol–water partition coefficient (Wildman–Crippen LogP) is 2.83. The first-order valence-corrected chi connectivity index (χ1v) is 12.5. The Morgan fingerprint density at radius 3 is 2.31 bits per heavy atom. The third kappa shape index (κ3) is 4.58. The van der Waals surface area contributed by atoms with Gasteiger partial charge < -0.3 is 5.32 Å². The molecule has 4 rings (SSSR count). The molecule has 0 aliphatic carbocycles. The number of Topliss-reactive ketones (excluding diaryl/α,β-unsaturated/α-hetero) is 1. The Morgan fingerprint density at radius 1 is 1.03 bits per heavy atom. The van der Waals surface area contributed by atoms with Crippen LogP contribution in [-0.2, 0) is 14.8 Å². The molecule has 1 aliphatic rings. The minimum atomic E-state index is -3.65. The minimum absolute atomic E-state index is 0.110. The number of amides is 1. The van der Waals surface area contributed by atoms with Crippen LogP contribution in [0.2, 0.25) is 0 Å². The van der Waals surface area contributed by atoms with E-state index in [1.807, 2.05) is 36.1 Å². The number of anilines is 1. The second kappa shape index (κ2) is 9.07. The van der Waals surface area contributed by atoms with Gasteiger partial charge in [0.05, 0.1) is 21.2 Å². The van der Waals surface area contributed by atoms with Gasteiger partial charge in [-0.2, -0.15) is 4.31 Å². The van der Waals surface area contributed by atoms with Gasteiger partial charge in [-0.25, -0.2) is 13.4 Å². The molecule has 0 radical (unpaired) electrons. The fourth-order valence-electron chi connectivity index (χ4n) is 3.64. The van der Waals surface area contributed by atoms with Crippen molar-refractivity contribution in [3.63, 3.8) is 0 Å². The number of nitrogens with one attached hydrogen (secondary N) is 1. The second-order valence-corrected chi connectivity index (χ2v) is 10.6. The minimum Gasteiger partial charge on any atom is -0.301 e. The lowest BCUT2D eigenvalue weighted by molar-refractivity contribution is -0.121. The Bertz CT molecular complexity index is 1210. The highest BCUT2D eigenvalue weighted by molar-refractivity contribution is 7.89. The van der Waals surface area contributed by atoms with E-state index in [0.29, 0.717) is 23.8 Å². The molecule has 1 fully saturated rings. The summed E-state index contributed by atoms with van der Waals surface area (Å²) in [5, 5.41) is 3.43. The van der Waals surface area contributed by atoms with Crippen LogP contribution >= 0.6 is 11.3 Å². The molecule has 168 valence electrons. The van der Waals surface area contributed by atoms with E-state index in [0.717, 1.165) is 10.2 Å². The molecule has 2 heterocycles. The highest BCUT2D eigenvalue weighted by Gasteiger charge is 2.32. The van der Waals surface area contributed by atoms with E-state index < -0.39 is 16.1 Å². The summed E-state index contributed by atoms with van der Waals surface area (Å²) in [6.07, 6.45) is 0. The van der Waals surface area contributed by atoms with Gasteiger partial charge in [0.25, 0.3) is 0 Å². The normalized spacial score (nSPS) is 16.7. The number of thiazole rings is 1. The van der Waals surface area contributed by atoms with E-state index in [4.69, 9.17) is 0 Å². The van der Waals surface area contributed by atoms with Crippen molar-refractivity contribution in [2.75, 3.05) is 31.5 Å². The third-order valence-corrected chi connectivity index (χ3v) is 8.49. The lowest BCUT2D eigenvalue weighted by Gasteiger charge is -2.36. The number of aromatic nitrogens is 1. The van der Waals surface area contributed by atoms with Gasteiger partial charge >= 0.3 is 0 Å². The zero-order chi connectivity index (χ0) is 22.9. The van der Waals surface area contributed by atoms with E-state index in [1.165, 1.54) is 46.8 Å². The number of hydrogen-bond acceptors (Lipinski definition) is 7. The molecule has 2 aromatic carbocycles. The summed E-state index contributed by atoms with van der Waals surface area (Å²) in [4.78, 5) is 30.7. The van der Waals surface area contributed by atoms with Crippen LogP contribution in [0.5, 0.6) is 0 Å². The number of piperazine rings is 1. The van der Waals surface area contributed by atoms with Gasteiger partial charge in [0.15, 0.2) is 10.9 Å². The molecule has 1 amide bonds. The van der Waals surface area contributed by atoms with Crippen LogP contribution in [-0.4, -0.2) is 66.5 Å². The van der Waals surface area contributed by atoms with Gasteiger partial charge in [-0.1, -0.05) is 35.6 Å². The Morgan fingerprint density at radius 2 is 1.69 bits per heavy atom. The number of rotatable bonds is 6.